The summed E-state index contributed by atoms with van der Waals surface area (Å²) in [6.45, 7) is 9.06. The van der Waals surface area contributed by atoms with Crippen molar-refractivity contribution in [3.63, 3.8) is 0 Å². The fraction of sp³-hybridized carbons (Fsp3) is 0.500. The van der Waals surface area contributed by atoms with E-state index in [0.717, 1.165) is 0 Å². The maximum Gasteiger partial charge on any atom is 0.238 e. The van der Waals surface area contributed by atoms with Crippen LogP contribution in [0.25, 0.3) is 0 Å². The number of rotatable bonds is 4. The fourth-order valence-corrected chi connectivity index (χ4v) is 1.44. The molecular formula is C12H18N2O2. The minimum atomic E-state index is -0.0418. The summed E-state index contributed by atoms with van der Waals surface area (Å²) in [5.41, 5.74) is 0.708. The predicted octanol–water partition coefficient (Wildman–Crippen LogP) is 0.713. The number of carbonyl (C=O) groups excluding carboxylic acids is 2. The van der Waals surface area contributed by atoms with Gasteiger partial charge in [-0.3, -0.25) is 14.5 Å². The van der Waals surface area contributed by atoms with E-state index in [0.29, 0.717) is 25.3 Å². The number of carbonyl (C=O) groups is 2. The first kappa shape index (κ1) is 12.6. The molecule has 1 saturated heterocycles. The Balaban J connectivity index is 2.40. The second-order valence-electron chi connectivity index (χ2n) is 4.28. The second-order valence-corrected chi connectivity index (χ2v) is 4.28. The zero-order valence-corrected chi connectivity index (χ0v) is 9.82. The van der Waals surface area contributed by atoms with Crippen molar-refractivity contribution in [1.29, 1.82) is 0 Å². The molecule has 0 saturated carbocycles. The van der Waals surface area contributed by atoms with Crippen molar-refractivity contribution < 1.29 is 9.59 Å². The molecule has 0 aromatic heterocycles. The van der Waals surface area contributed by atoms with Crippen LogP contribution in [0.3, 0.4) is 0 Å². The van der Waals surface area contributed by atoms with Crippen LogP contribution >= 0.6 is 0 Å². The molecule has 0 spiro atoms. The van der Waals surface area contributed by atoms with Gasteiger partial charge in [-0.05, 0) is 6.08 Å². The van der Waals surface area contributed by atoms with Gasteiger partial charge in [-0.25, -0.2) is 0 Å². The number of amides is 1. The Kier molecular flexibility index (Phi) is 4.43. The van der Waals surface area contributed by atoms with E-state index >= 15 is 0 Å². The summed E-state index contributed by atoms with van der Waals surface area (Å²) in [6, 6.07) is 0. The summed E-state index contributed by atoms with van der Waals surface area (Å²) in [7, 11) is 0. The van der Waals surface area contributed by atoms with Crippen molar-refractivity contribution in [1.82, 2.24) is 10.2 Å². The summed E-state index contributed by atoms with van der Waals surface area (Å²) < 4.78 is 0. The summed E-state index contributed by atoms with van der Waals surface area (Å²) in [4.78, 5) is 24.4. The van der Waals surface area contributed by atoms with Gasteiger partial charge in [-0.2, -0.15) is 0 Å². The Morgan fingerprint density at radius 1 is 1.56 bits per heavy atom. The molecule has 1 N–H and O–H groups in total. The van der Waals surface area contributed by atoms with E-state index in [1.165, 1.54) is 0 Å². The van der Waals surface area contributed by atoms with Gasteiger partial charge in [0.25, 0.3) is 0 Å². The van der Waals surface area contributed by atoms with Crippen molar-refractivity contribution >= 4 is 11.7 Å². The monoisotopic (exact) mass is 222 g/mol. The lowest BCUT2D eigenvalue weighted by Gasteiger charge is -2.26. The topological polar surface area (TPSA) is 49.4 Å². The van der Waals surface area contributed by atoms with E-state index in [1.54, 1.807) is 12.2 Å². The Hall–Kier alpha value is -1.42. The first-order valence-electron chi connectivity index (χ1n) is 5.39. The number of hydrogen-bond donors (Lipinski definition) is 1. The molecular weight excluding hydrogens is 204 g/mol. The average molecular weight is 222 g/mol. The molecule has 1 heterocycles. The number of piperazine rings is 1. The van der Waals surface area contributed by atoms with Crippen LogP contribution in [0.15, 0.2) is 24.4 Å². The highest BCUT2D eigenvalue weighted by Crippen LogP contribution is 2.01. The van der Waals surface area contributed by atoms with E-state index in [2.05, 4.69) is 11.9 Å². The number of ketones is 1. The van der Waals surface area contributed by atoms with Crippen LogP contribution in [-0.2, 0) is 9.59 Å². The van der Waals surface area contributed by atoms with Gasteiger partial charge in [0.15, 0.2) is 5.78 Å². The SMILES string of the molecule is C=C1CN(C/C=C/C(=O)C(C)C)CC(=O)N1. The van der Waals surface area contributed by atoms with Crippen molar-refractivity contribution in [2.75, 3.05) is 19.6 Å². The molecule has 4 nitrogen and oxygen atoms in total. The Labute approximate surface area is 96.0 Å². The molecule has 0 aliphatic carbocycles. The maximum atomic E-state index is 11.3. The van der Waals surface area contributed by atoms with E-state index in [4.69, 9.17) is 0 Å². The van der Waals surface area contributed by atoms with Gasteiger partial charge in [0.2, 0.25) is 5.91 Å². The minimum absolute atomic E-state index is 0.0240. The Morgan fingerprint density at radius 3 is 2.81 bits per heavy atom. The Morgan fingerprint density at radius 2 is 2.25 bits per heavy atom. The van der Waals surface area contributed by atoms with Gasteiger partial charge in [0, 0.05) is 24.7 Å². The highest BCUT2D eigenvalue weighted by Gasteiger charge is 2.17. The van der Waals surface area contributed by atoms with Crippen LogP contribution in [-0.4, -0.2) is 36.2 Å². The van der Waals surface area contributed by atoms with E-state index in [-0.39, 0.29) is 17.6 Å². The molecule has 0 radical (unpaired) electrons. The third kappa shape index (κ3) is 3.98. The number of nitrogens with one attached hydrogen (secondary N) is 1. The van der Waals surface area contributed by atoms with E-state index in [9.17, 15) is 9.59 Å². The van der Waals surface area contributed by atoms with Crippen LogP contribution in [0.1, 0.15) is 13.8 Å². The average Bonchev–Trinajstić information content (AvgIpc) is 2.15. The minimum Gasteiger partial charge on any atom is -0.328 e. The quantitative estimate of drug-likeness (QED) is 0.713. The zero-order valence-electron chi connectivity index (χ0n) is 9.82. The van der Waals surface area contributed by atoms with Crippen LogP contribution in [0, 0.1) is 5.92 Å². The Bertz CT molecular complexity index is 316. The maximum absolute atomic E-state index is 11.3. The molecule has 88 valence electrons. The van der Waals surface area contributed by atoms with Gasteiger partial charge in [-0.1, -0.05) is 26.5 Å². The van der Waals surface area contributed by atoms with Crippen LogP contribution < -0.4 is 5.32 Å². The summed E-state index contributed by atoms with van der Waals surface area (Å²) >= 11 is 0. The lowest BCUT2D eigenvalue weighted by Crippen LogP contribution is -2.45. The van der Waals surface area contributed by atoms with Crippen LogP contribution in [0.5, 0.6) is 0 Å². The lowest BCUT2D eigenvalue weighted by molar-refractivity contribution is -0.122. The molecule has 0 atom stereocenters. The fourth-order valence-electron chi connectivity index (χ4n) is 1.44. The first-order valence-corrected chi connectivity index (χ1v) is 5.39. The summed E-state index contributed by atoms with van der Waals surface area (Å²) in [5.74, 6) is 0.0935. The largest absolute Gasteiger partial charge is 0.328 e. The molecule has 1 rings (SSSR count). The lowest BCUT2D eigenvalue weighted by atomic mass is 10.1. The standard InChI is InChI=1S/C12H18N2O2/c1-9(2)11(15)5-4-6-14-7-10(3)13-12(16)8-14/h4-5,9H,3,6-8H2,1-2H3,(H,13,16)/b5-4+. The molecule has 0 aromatic carbocycles. The van der Waals surface area contributed by atoms with Crippen molar-refractivity contribution in [2.24, 2.45) is 5.92 Å². The molecule has 1 aliphatic rings. The van der Waals surface area contributed by atoms with Gasteiger partial charge in [-0.15, -0.1) is 0 Å². The van der Waals surface area contributed by atoms with Crippen molar-refractivity contribution in [3.05, 3.63) is 24.4 Å². The highest BCUT2D eigenvalue weighted by atomic mass is 16.2. The predicted molar refractivity (Wildman–Crippen MR) is 62.7 cm³/mol. The number of allylic oxidation sites excluding steroid dienone is 1. The normalized spacial score (nSPS) is 18.2. The van der Waals surface area contributed by atoms with E-state index in [1.807, 2.05) is 18.7 Å². The molecule has 4 heteroatoms. The molecule has 0 aromatic rings. The molecule has 1 amide bonds. The second kappa shape index (κ2) is 5.61. The van der Waals surface area contributed by atoms with E-state index < -0.39 is 0 Å². The number of hydrogen-bond acceptors (Lipinski definition) is 3. The smallest absolute Gasteiger partial charge is 0.238 e. The van der Waals surface area contributed by atoms with Crippen molar-refractivity contribution in [3.8, 4) is 0 Å². The molecule has 0 unspecified atom stereocenters. The van der Waals surface area contributed by atoms with Gasteiger partial charge in [0.05, 0.1) is 6.54 Å². The zero-order chi connectivity index (χ0) is 12.1. The highest BCUT2D eigenvalue weighted by molar-refractivity contribution is 5.91. The van der Waals surface area contributed by atoms with Gasteiger partial charge < -0.3 is 5.32 Å². The van der Waals surface area contributed by atoms with Crippen molar-refractivity contribution in [2.45, 2.75) is 13.8 Å². The van der Waals surface area contributed by atoms with Gasteiger partial charge in [0.1, 0.15) is 0 Å². The summed E-state index contributed by atoms with van der Waals surface area (Å²) in [5, 5.41) is 2.66. The van der Waals surface area contributed by atoms with Gasteiger partial charge >= 0.3 is 0 Å². The molecule has 16 heavy (non-hydrogen) atoms. The summed E-state index contributed by atoms with van der Waals surface area (Å²) in [6.07, 6.45) is 3.38. The first-order chi connectivity index (χ1) is 7.49. The third-order valence-electron chi connectivity index (χ3n) is 2.31. The molecule has 1 fully saturated rings. The number of nitrogens with zero attached hydrogens (tertiary/aromatic N) is 1. The van der Waals surface area contributed by atoms with Crippen LogP contribution in [0.2, 0.25) is 0 Å². The molecule has 0 bridgehead atoms. The third-order valence-corrected chi connectivity index (χ3v) is 2.31. The molecule has 1 aliphatic heterocycles. The van der Waals surface area contributed by atoms with Crippen LogP contribution in [0.4, 0.5) is 0 Å².